The molecule has 0 aliphatic heterocycles. The average molecular weight is 667 g/mol. The molecule has 0 fully saturated rings. The molecular weight excluding hydrogens is 638 g/mol. The highest BCUT2D eigenvalue weighted by Crippen LogP contribution is 2.27. The van der Waals surface area contributed by atoms with Gasteiger partial charge < -0.3 is 20.1 Å². The first kappa shape index (κ1) is 31.9. The average Bonchev–Trinajstić information content (AvgIpc) is 2.87. The summed E-state index contributed by atoms with van der Waals surface area (Å²) in [6, 6.07) is 17.7. The number of carbonyl (C=O) groups excluding carboxylic acids is 3. The number of amides is 3. The number of hydrogen-bond donors (Lipinski definition) is 3. The fourth-order valence-electron chi connectivity index (χ4n) is 3.42. The van der Waals surface area contributed by atoms with E-state index in [-0.39, 0.29) is 17.9 Å². The molecule has 13 heteroatoms. The molecule has 0 aliphatic rings. The Hall–Kier alpha value is -3.61. The quantitative estimate of drug-likeness (QED) is 0.275. The molecule has 0 aliphatic carbocycles. The lowest BCUT2D eigenvalue weighted by Gasteiger charge is -2.23. The zero-order chi connectivity index (χ0) is 30.2. The maximum absolute atomic E-state index is 13.0. The summed E-state index contributed by atoms with van der Waals surface area (Å²) in [6.07, 6.45) is -0.836. The van der Waals surface area contributed by atoms with Gasteiger partial charge in [-0.3, -0.25) is 9.59 Å². The third-order valence-electron chi connectivity index (χ3n) is 5.23. The molecular formula is C28H29BrClN3O7S. The number of ether oxygens (including phenoxy) is 2. The molecule has 0 unspecified atom stereocenters. The smallest absolute Gasteiger partial charge is 0.408 e. The second kappa shape index (κ2) is 13.8. The van der Waals surface area contributed by atoms with Crippen LogP contribution in [-0.4, -0.2) is 44.6 Å². The third kappa shape index (κ3) is 10.4. The van der Waals surface area contributed by atoms with Gasteiger partial charge in [0.15, 0.2) is 6.61 Å². The van der Waals surface area contributed by atoms with Gasteiger partial charge in [-0.05, 0) is 68.8 Å². The van der Waals surface area contributed by atoms with Crippen LogP contribution < -0.4 is 20.1 Å². The number of anilines is 1. The molecule has 0 radical (unpaired) electrons. The molecule has 0 aromatic heterocycles. The van der Waals surface area contributed by atoms with Crippen LogP contribution in [0.2, 0.25) is 5.02 Å². The van der Waals surface area contributed by atoms with Crippen LogP contribution in [0.1, 0.15) is 26.3 Å². The highest BCUT2D eigenvalue weighted by atomic mass is 79.9. The number of sulfonamides is 1. The van der Waals surface area contributed by atoms with Gasteiger partial charge in [-0.25, -0.2) is 17.9 Å². The maximum Gasteiger partial charge on any atom is 0.408 e. The Morgan fingerprint density at radius 3 is 2.24 bits per heavy atom. The van der Waals surface area contributed by atoms with Crippen molar-refractivity contribution in [2.75, 3.05) is 11.9 Å². The zero-order valence-electron chi connectivity index (χ0n) is 22.4. The van der Waals surface area contributed by atoms with Crippen molar-refractivity contribution >= 4 is 61.1 Å². The van der Waals surface area contributed by atoms with Gasteiger partial charge >= 0.3 is 6.09 Å². The number of hydrogen-bond acceptors (Lipinski definition) is 7. The first-order chi connectivity index (χ1) is 19.2. The molecule has 3 N–H and O–H groups in total. The van der Waals surface area contributed by atoms with Gasteiger partial charge in [0.1, 0.15) is 17.4 Å². The Kier molecular flexibility index (Phi) is 10.8. The van der Waals surface area contributed by atoms with Crippen molar-refractivity contribution in [1.29, 1.82) is 0 Å². The van der Waals surface area contributed by atoms with Crippen molar-refractivity contribution < 1.29 is 32.3 Å². The lowest BCUT2D eigenvalue weighted by Crippen LogP contribution is -2.50. The molecule has 0 saturated carbocycles. The maximum atomic E-state index is 13.0. The van der Waals surface area contributed by atoms with E-state index < -0.39 is 39.6 Å². The molecule has 41 heavy (non-hydrogen) atoms. The van der Waals surface area contributed by atoms with E-state index in [1.165, 1.54) is 24.3 Å². The lowest BCUT2D eigenvalue weighted by molar-refractivity contribution is -0.121. The fraction of sp³-hybridized carbons (Fsp3) is 0.250. The van der Waals surface area contributed by atoms with Crippen molar-refractivity contribution in [3.8, 4) is 5.75 Å². The Balaban J connectivity index is 1.64. The summed E-state index contributed by atoms with van der Waals surface area (Å²) in [6.45, 7) is 4.67. The van der Waals surface area contributed by atoms with E-state index in [2.05, 4.69) is 26.6 Å². The lowest BCUT2D eigenvalue weighted by atomic mass is 10.1. The van der Waals surface area contributed by atoms with E-state index in [4.69, 9.17) is 21.1 Å². The van der Waals surface area contributed by atoms with Crippen LogP contribution in [0.3, 0.4) is 0 Å². The van der Waals surface area contributed by atoms with Crippen molar-refractivity contribution in [1.82, 2.24) is 10.0 Å². The first-order valence-corrected chi connectivity index (χ1v) is 14.9. The Morgan fingerprint density at radius 2 is 1.63 bits per heavy atom. The predicted octanol–water partition coefficient (Wildman–Crippen LogP) is 5.06. The van der Waals surface area contributed by atoms with Gasteiger partial charge in [-0.1, -0.05) is 57.9 Å². The Labute approximate surface area is 251 Å². The van der Waals surface area contributed by atoms with Gasteiger partial charge in [0.2, 0.25) is 0 Å². The second-order valence-corrected chi connectivity index (χ2v) is 12.8. The number of rotatable bonds is 10. The topological polar surface area (TPSA) is 140 Å². The van der Waals surface area contributed by atoms with Crippen molar-refractivity contribution in [3.63, 3.8) is 0 Å². The molecule has 3 aromatic carbocycles. The summed E-state index contributed by atoms with van der Waals surface area (Å²) in [4.78, 5) is 37.5. The molecule has 10 nitrogen and oxygen atoms in total. The molecule has 0 saturated heterocycles. The number of benzene rings is 3. The van der Waals surface area contributed by atoms with Gasteiger partial charge in [0.05, 0.1) is 9.92 Å². The number of carbonyl (C=O) groups is 3. The van der Waals surface area contributed by atoms with E-state index in [0.717, 1.165) is 4.47 Å². The predicted molar refractivity (Wildman–Crippen MR) is 158 cm³/mol. The van der Waals surface area contributed by atoms with E-state index in [9.17, 15) is 22.8 Å². The minimum absolute atomic E-state index is 0.0277. The van der Waals surface area contributed by atoms with E-state index >= 15 is 0 Å². The summed E-state index contributed by atoms with van der Waals surface area (Å²) >= 11 is 9.36. The molecule has 3 aromatic rings. The standard InChI is InChI=1S/C28H29BrClN3O7S/c1-28(2,3)40-27(36)32-23(15-18-7-5-4-6-8-18)26(35)33-41(37,38)21-12-10-20(11-13-21)31-25(34)17-39-24-14-9-19(29)16-22(24)30/h4-14,16,23H,15,17H2,1-3H3,(H,31,34)(H,32,36)(H,33,35)/t23-/m0/s1. The summed E-state index contributed by atoms with van der Waals surface area (Å²) in [5.41, 5.74) is 0.186. The van der Waals surface area contributed by atoms with Gasteiger partial charge in [-0.15, -0.1) is 0 Å². The summed E-state index contributed by atoms with van der Waals surface area (Å²) in [5.74, 6) is -1.11. The number of nitrogens with one attached hydrogen (secondary N) is 3. The zero-order valence-corrected chi connectivity index (χ0v) is 25.6. The molecule has 218 valence electrons. The fourth-order valence-corrected chi connectivity index (χ4v) is 5.17. The van der Waals surface area contributed by atoms with Crippen LogP contribution in [0, 0.1) is 0 Å². The van der Waals surface area contributed by atoms with Gasteiger partial charge in [0.25, 0.3) is 21.8 Å². The highest BCUT2D eigenvalue weighted by molar-refractivity contribution is 9.10. The SMILES string of the molecule is CC(C)(C)OC(=O)N[C@@H](Cc1ccccc1)C(=O)NS(=O)(=O)c1ccc(NC(=O)COc2ccc(Br)cc2Cl)cc1. The Bertz CT molecular complexity index is 1500. The molecule has 3 amide bonds. The van der Waals surface area contributed by atoms with E-state index in [0.29, 0.717) is 22.0 Å². The van der Waals surface area contributed by atoms with Crippen molar-refractivity contribution in [3.05, 3.63) is 87.9 Å². The third-order valence-corrected chi connectivity index (χ3v) is 7.38. The minimum Gasteiger partial charge on any atom is -0.482 e. The summed E-state index contributed by atoms with van der Waals surface area (Å²) in [5, 5.41) is 5.37. The van der Waals surface area contributed by atoms with Crippen molar-refractivity contribution in [2.45, 2.75) is 43.7 Å². The largest absolute Gasteiger partial charge is 0.482 e. The molecule has 0 heterocycles. The monoisotopic (exact) mass is 665 g/mol. The van der Waals surface area contributed by atoms with Crippen LogP contribution >= 0.6 is 27.5 Å². The van der Waals surface area contributed by atoms with Crippen LogP contribution in [-0.2, 0) is 30.8 Å². The van der Waals surface area contributed by atoms with E-state index in [1.807, 2.05) is 4.72 Å². The Morgan fingerprint density at radius 1 is 0.976 bits per heavy atom. The van der Waals surface area contributed by atoms with Crippen molar-refractivity contribution in [2.24, 2.45) is 0 Å². The second-order valence-electron chi connectivity index (χ2n) is 9.79. The normalized spacial score (nSPS) is 12.1. The van der Waals surface area contributed by atoms with Crippen LogP contribution in [0.25, 0.3) is 0 Å². The molecule has 0 bridgehead atoms. The number of halogens is 2. The van der Waals surface area contributed by atoms with Crippen LogP contribution in [0.15, 0.2) is 82.2 Å². The minimum atomic E-state index is -4.32. The van der Waals surface area contributed by atoms with Gasteiger partial charge in [0, 0.05) is 16.6 Å². The summed E-state index contributed by atoms with van der Waals surface area (Å²) in [7, 11) is -4.32. The number of alkyl carbamates (subject to hydrolysis) is 1. The summed E-state index contributed by atoms with van der Waals surface area (Å²) < 4.78 is 39.4. The molecule has 1 atom stereocenters. The highest BCUT2D eigenvalue weighted by Gasteiger charge is 2.28. The molecule has 3 rings (SSSR count). The van der Waals surface area contributed by atoms with Crippen LogP contribution in [0.5, 0.6) is 5.75 Å². The first-order valence-electron chi connectivity index (χ1n) is 12.3. The van der Waals surface area contributed by atoms with Gasteiger partial charge in [-0.2, -0.15) is 0 Å². The van der Waals surface area contributed by atoms with Crippen LogP contribution in [0.4, 0.5) is 10.5 Å². The molecule has 0 spiro atoms. The van der Waals surface area contributed by atoms with E-state index in [1.54, 1.807) is 69.3 Å².